The first-order valence-electron chi connectivity index (χ1n) is 5.99. The fraction of sp³-hybridized carbons (Fsp3) is 0. The van der Waals surface area contributed by atoms with Gasteiger partial charge in [0.15, 0.2) is 0 Å². The number of aromatic nitrogens is 1. The van der Waals surface area contributed by atoms with Gasteiger partial charge in [0.2, 0.25) is 5.91 Å². The summed E-state index contributed by atoms with van der Waals surface area (Å²) in [5.74, 6) is -0.512. The van der Waals surface area contributed by atoms with Gasteiger partial charge in [0.1, 0.15) is 0 Å². The highest BCUT2D eigenvalue weighted by Gasteiger charge is 2.05. The largest absolute Gasteiger partial charge is 0.366 e. The van der Waals surface area contributed by atoms with Crippen molar-refractivity contribution in [3.63, 3.8) is 0 Å². The number of carbonyl (C=O) groups excluding carboxylic acids is 1. The lowest BCUT2D eigenvalue weighted by Gasteiger charge is -1.98. The highest BCUT2D eigenvalue weighted by Crippen LogP contribution is 2.20. The zero-order valence-corrected chi connectivity index (χ0v) is 14.7. The number of benzene rings is 1. The highest BCUT2D eigenvalue weighted by atomic mass is 79.9. The Bertz CT molecular complexity index is 811. The molecular weight excluding hydrogens is 408 g/mol. The molecule has 0 unspecified atom stereocenters. The van der Waals surface area contributed by atoms with Gasteiger partial charge in [0.25, 0.3) is 10.1 Å². The summed E-state index contributed by atoms with van der Waals surface area (Å²) in [6, 6.07) is 8.26. The monoisotopic (exact) mass is 418 g/mol. The predicted octanol–water partition coefficient (Wildman–Crippen LogP) is 3.14. The molecule has 0 spiro atoms. The second kappa shape index (κ2) is 8.78. The maximum absolute atomic E-state index is 10.7. The first-order chi connectivity index (χ1) is 10.7. The molecular formula is C14H12BrClN2O4S. The second-order valence-corrected chi connectivity index (χ2v) is 6.72. The van der Waals surface area contributed by atoms with E-state index in [0.29, 0.717) is 21.6 Å². The van der Waals surface area contributed by atoms with E-state index in [1.165, 1.54) is 12.3 Å². The third kappa shape index (κ3) is 7.89. The summed E-state index contributed by atoms with van der Waals surface area (Å²) in [4.78, 5) is 14.4. The minimum Gasteiger partial charge on any atom is -0.366 e. The Hall–Kier alpha value is -1.74. The van der Waals surface area contributed by atoms with E-state index in [9.17, 15) is 13.2 Å². The lowest BCUT2D eigenvalue weighted by molar-refractivity contribution is 0.100. The summed E-state index contributed by atoms with van der Waals surface area (Å²) >= 11 is 8.90. The SMILES string of the molecule is NC(=O)c1ccc(Br)cc1Cl.O=S(=O)(O)/C=C/c1cccnc1. The van der Waals surface area contributed by atoms with E-state index in [1.54, 1.807) is 36.5 Å². The van der Waals surface area contributed by atoms with Crippen LogP contribution in [0.2, 0.25) is 5.02 Å². The van der Waals surface area contributed by atoms with Crippen LogP contribution in [0.15, 0.2) is 52.6 Å². The number of hydrogen-bond acceptors (Lipinski definition) is 4. The second-order valence-electron chi connectivity index (χ2n) is 4.09. The van der Waals surface area contributed by atoms with Gasteiger partial charge in [-0.05, 0) is 35.9 Å². The molecule has 0 aliphatic rings. The molecule has 0 atom stereocenters. The van der Waals surface area contributed by atoms with Crippen LogP contribution in [0, 0.1) is 0 Å². The van der Waals surface area contributed by atoms with Gasteiger partial charge in [-0.3, -0.25) is 14.3 Å². The number of carbonyl (C=O) groups is 1. The first-order valence-corrected chi connectivity index (χ1v) is 8.67. The van der Waals surface area contributed by atoms with Crippen molar-refractivity contribution < 1.29 is 17.8 Å². The van der Waals surface area contributed by atoms with Crippen LogP contribution in [-0.2, 0) is 10.1 Å². The van der Waals surface area contributed by atoms with Gasteiger partial charge in [0.05, 0.1) is 16.0 Å². The summed E-state index contributed by atoms with van der Waals surface area (Å²) in [7, 11) is -4.03. The van der Waals surface area contributed by atoms with Crippen LogP contribution in [0.1, 0.15) is 15.9 Å². The smallest absolute Gasteiger partial charge is 0.287 e. The Labute approximate surface area is 146 Å². The molecule has 0 saturated carbocycles. The van der Waals surface area contributed by atoms with Crippen LogP contribution in [0.25, 0.3) is 6.08 Å². The molecule has 2 aromatic rings. The highest BCUT2D eigenvalue weighted by molar-refractivity contribution is 9.10. The van der Waals surface area contributed by atoms with Crippen molar-refractivity contribution in [2.24, 2.45) is 5.73 Å². The normalized spacial score (nSPS) is 10.9. The number of amides is 1. The molecule has 3 N–H and O–H groups in total. The summed E-state index contributed by atoms with van der Waals surface area (Å²) < 4.78 is 29.7. The molecule has 6 nitrogen and oxygen atoms in total. The van der Waals surface area contributed by atoms with Crippen LogP contribution >= 0.6 is 27.5 Å². The Morgan fingerprint density at radius 1 is 1.35 bits per heavy atom. The Morgan fingerprint density at radius 3 is 2.52 bits per heavy atom. The summed E-state index contributed by atoms with van der Waals surface area (Å²) in [6.45, 7) is 0. The Morgan fingerprint density at radius 2 is 2.04 bits per heavy atom. The van der Waals surface area contributed by atoms with E-state index in [2.05, 4.69) is 20.9 Å². The minimum atomic E-state index is -4.03. The lowest BCUT2D eigenvalue weighted by Crippen LogP contribution is -2.11. The van der Waals surface area contributed by atoms with Gasteiger partial charge in [-0.25, -0.2) is 0 Å². The van der Waals surface area contributed by atoms with Crippen LogP contribution in [0.4, 0.5) is 0 Å². The van der Waals surface area contributed by atoms with E-state index in [4.69, 9.17) is 21.9 Å². The van der Waals surface area contributed by atoms with Gasteiger partial charge in [0, 0.05) is 16.9 Å². The fourth-order valence-electron chi connectivity index (χ4n) is 1.33. The Balaban J connectivity index is 0.000000231. The van der Waals surface area contributed by atoms with Crippen LogP contribution < -0.4 is 5.73 Å². The molecule has 0 radical (unpaired) electrons. The van der Waals surface area contributed by atoms with E-state index in [1.807, 2.05) is 0 Å². The maximum Gasteiger partial charge on any atom is 0.287 e. The zero-order chi connectivity index (χ0) is 17.5. The van der Waals surface area contributed by atoms with E-state index < -0.39 is 16.0 Å². The molecule has 1 heterocycles. The quantitative estimate of drug-likeness (QED) is 0.743. The number of rotatable bonds is 3. The van der Waals surface area contributed by atoms with Gasteiger partial charge < -0.3 is 5.73 Å². The molecule has 0 aliphatic heterocycles. The van der Waals surface area contributed by atoms with E-state index >= 15 is 0 Å². The third-order valence-electron chi connectivity index (χ3n) is 2.31. The fourth-order valence-corrected chi connectivity index (χ4v) is 2.42. The van der Waals surface area contributed by atoms with Crippen molar-refractivity contribution in [2.75, 3.05) is 0 Å². The molecule has 0 aliphatic carbocycles. The van der Waals surface area contributed by atoms with Crippen LogP contribution in [0.5, 0.6) is 0 Å². The number of halogens is 2. The van der Waals surface area contributed by atoms with Crippen molar-refractivity contribution in [2.45, 2.75) is 0 Å². The van der Waals surface area contributed by atoms with Crippen molar-refractivity contribution in [3.8, 4) is 0 Å². The van der Waals surface area contributed by atoms with Crippen molar-refractivity contribution in [1.29, 1.82) is 0 Å². The standard InChI is InChI=1S/C7H5BrClNO.C7H7NO3S/c8-4-1-2-5(7(10)11)6(9)3-4;9-12(10,11)5-3-7-2-1-4-8-6-7/h1-3H,(H2,10,11);1-6H,(H,9,10,11)/b;5-3+. The molecule has 0 fully saturated rings. The number of hydrogen-bond donors (Lipinski definition) is 2. The summed E-state index contributed by atoms with van der Waals surface area (Å²) in [6.07, 6.45) is 4.33. The molecule has 122 valence electrons. The number of primary amides is 1. The zero-order valence-electron chi connectivity index (χ0n) is 11.6. The van der Waals surface area contributed by atoms with Crippen LogP contribution in [0.3, 0.4) is 0 Å². The van der Waals surface area contributed by atoms with Crippen LogP contribution in [-0.4, -0.2) is 23.9 Å². The molecule has 0 bridgehead atoms. The Kier molecular flexibility index (Phi) is 7.37. The molecule has 1 aromatic carbocycles. The molecule has 9 heteroatoms. The summed E-state index contributed by atoms with van der Waals surface area (Å²) in [5, 5.41) is 1.08. The number of nitrogens with zero attached hydrogens (tertiary/aromatic N) is 1. The third-order valence-corrected chi connectivity index (χ3v) is 3.60. The van der Waals surface area contributed by atoms with E-state index in [-0.39, 0.29) is 0 Å². The molecule has 23 heavy (non-hydrogen) atoms. The van der Waals surface area contributed by atoms with Crippen molar-refractivity contribution >= 4 is 49.6 Å². The van der Waals surface area contributed by atoms with Gasteiger partial charge in [-0.2, -0.15) is 8.42 Å². The predicted molar refractivity (Wildman–Crippen MR) is 92.5 cm³/mol. The molecule has 1 aromatic heterocycles. The van der Waals surface area contributed by atoms with E-state index in [0.717, 1.165) is 4.47 Å². The van der Waals surface area contributed by atoms with Gasteiger partial charge >= 0.3 is 0 Å². The summed E-state index contributed by atoms with van der Waals surface area (Å²) in [5.41, 5.74) is 5.99. The number of nitrogens with two attached hydrogens (primary N) is 1. The molecule has 1 amide bonds. The van der Waals surface area contributed by atoms with Gasteiger partial charge in [-0.1, -0.05) is 33.6 Å². The maximum atomic E-state index is 10.7. The topological polar surface area (TPSA) is 110 Å². The van der Waals surface area contributed by atoms with Gasteiger partial charge in [-0.15, -0.1) is 0 Å². The number of pyridine rings is 1. The first kappa shape index (κ1) is 19.3. The average molecular weight is 420 g/mol. The lowest BCUT2D eigenvalue weighted by atomic mass is 10.2. The molecule has 0 saturated heterocycles. The van der Waals surface area contributed by atoms with Crippen molar-refractivity contribution in [3.05, 3.63) is 68.8 Å². The minimum absolute atomic E-state index is 0.342. The average Bonchev–Trinajstić information content (AvgIpc) is 2.46. The van der Waals surface area contributed by atoms with Crippen molar-refractivity contribution in [1.82, 2.24) is 4.98 Å². The molecule has 2 rings (SSSR count).